The predicted molar refractivity (Wildman–Crippen MR) is 114 cm³/mol. The van der Waals surface area contributed by atoms with Gasteiger partial charge in [-0.05, 0) is 42.7 Å². The highest BCUT2D eigenvalue weighted by Crippen LogP contribution is 2.31. The number of carbonyl (C=O) groups excluding carboxylic acids is 1. The molecule has 8 heteroatoms. The van der Waals surface area contributed by atoms with Gasteiger partial charge in [0.25, 0.3) is 5.69 Å². The second kappa shape index (κ2) is 10.7. The number of rotatable bonds is 10. The number of non-ortho nitro benzene ring substituents is 1. The van der Waals surface area contributed by atoms with Crippen molar-refractivity contribution in [3.05, 3.63) is 58.1 Å². The maximum atomic E-state index is 12.3. The van der Waals surface area contributed by atoms with E-state index in [0.717, 1.165) is 10.5 Å². The van der Waals surface area contributed by atoms with Gasteiger partial charge >= 0.3 is 0 Å². The van der Waals surface area contributed by atoms with Gasteiger partial charge in [0, 0.05) is 17.0 Å². The molecule has 2 rings (SSSR count). The minimum atomic E-state index is -0.448. The van der Waals surface area contributed by atoms with Crippen molar-refractivity contribution in [2.45, 2.75) is 31.7 Å². The van der Waals surface area contributed by atoms with Crippen molar-refractivity contribution in [2.24, 2.45) is 5.92 Å². The van der Waals surface area contributed by atoms with Crippen molar-refractivity contribution in [3.63, 3.8) is 0 Å². The first-order valence-electron chi connectivity index (χ1n) is 9.27. The van der Waals surface area contributed by atoms with Gasteiger partial charge in [-0.1, -0.05) is 19.9 Å². The molecule has 1 atom stereocenters. The summed E-state index contributed by atoms with van der Waals surface area (Å²) in [4.78, 5) is 23.3. The lowest BCUT2D eigenvalue weighted by Gasteiger charge is -2.17. The normalized spacial score (nSPS) is 11.8. The molecule has 0 radical (unpaired) electrons. The molecule has 0 saturated carbocycles. The van der Waals surface area contributed by atoms with Crippen molar-refractivity contribution < 1.29 is 19.2 Å². The molecule has 0 aliphatic heterocycles. The number of nitrogens with one attached hydrogen (secondary N) is 1. The Morgan fingerprint density at radius 1 is 1.14 bits per heavy atom. The molecule has 1 N–H and O–H groups in total. The minimum Gasteiger partial charge on any atom is -0.493 e. The first-order chi connectivity index (χ1) is 13.8. The van der Waals surface area contributed by atoms with Crippen molar-refractivity contribution in [2.75, 3.05) is 19.5 Å². The number of ether oxygens (including phenoxy) is 2. The summed E-state index contributed by atoms with van der Waals surface area (Å²) in [6, 6.07) is 11.6. The quantitative estimate of drug-likeness (QED) is 0.344. The van der Waals surface area contributed by atoms with Crippen LogP contribution in [-0.4, -0.2) is 30.3 Å². The third-order valence-electron chi connectivity index (χ3n) is 4.05. The average molecular weight is 419 g/mol. The van der Waals surface area contributed by atoms with Gasteiger partial charge in [0.1, 0.15) is 0 Å². The second-order valence-corrected chi connectivity index (χ2v) is 7.99. The van der Waals surface area contributed by atoms with E-state index in [9.17, 15) is 14.9 Å². The largest absolute Gasteiger partial charge is 0.493 e. The Morgan fingerprint density at radius 2 is 1.83 bits per heavy atom. The molecule has 0 saturated heterocycles. The third kappa shape index (κ3) is 6.98. The number of benzene rings is 2. The van der Waals surface area contributed by atoms with E-state index in [4.69, 9.17) is 9.47 Å². The Labute approximate surface area is 174 Å². The molecule has 0 fully saturated rings. The van der Waals surface area contributed by atoms with Gasteiger partial charge in [0.05, 0.1) is 30.4 Å². The lowest BCUT2D eigenvalue weighted by atomic mass is 10.1. The molecule has 7 nitrogen and oxygen atoms in total. The van der Waals surface area contributed by atoms with Crippen LogP contribution >= 0.6 is 11.8 Å². The Bertz CT molecular complexity index is 839. The molecule has 156 valence electrons. The van der Waals surface area contributed by atoms with Gasteiger partial charge in [-0.3, -0.25) is 14.9 Å². The molecular weight excluding hydrogens is 392 g/mol. The maximum Gasteiger partial charge on any atom is 0.269 e. The van der Waals surface area contributed by atoms with Gasteiger partial charge < -0.3 is 14.8 Å². The van der Waals surface area contributed by atoms with Crippen molar-refractivity contribution in [3.8, 4) is 11.5 Å². The van der Waals surface area contributed by atoms with Crippen LogP contribution in [0.4, 0.5) is 5.69 Å². The molecule has 0 aliphatic carbocycles. The maximum absolute atomic E-state index is 12.3. The third-order valence-corrected chi connectivity index (χ3v) is 5.07. The van der Waals surface area contributed by atoms with Gasteiger partial charge in [-0.25, -0.2) is 0 Å². The van der Waals surface area contributed by atoms with Crippen molar-refractivity contribution >= 4 is 23.4 Å². The summed E-state index contributed by atoms with van der Waals surface area (Å²) in [6.45, 7) is 6.65. The van der Waals surface area contributed by atoms with Gasteiger partial charge in [0.2, 0.25) is 5.91 Å². The van der Waals surface area contributed by atoms with E-state index in [1.54, 1.807) is 19.2 Å². The van der Waals surface area contributed by atoms with E-state index in [1.165, 1.54) is 23.9 Å². The van der Waals surface area contributed by atoms with Crippen molar-refractivity contribution in [1.29, 1.82) is 0 Å². The second-order valence-electron chi connectivity index (χ2n) is 6.94. The number of nitro groups is 1. The van der Waals surface area contributed by atoms with E-state index < -0.39 is 4.92 Å². The highest BCUT2D eigenvalue weighted by atomic mass is 32.2. The fourth-order valence-corrected chi connectivity index (χ4v) is 3.22. The van der Waals surface area contributed by atoms with Crippen LogP contribution in [0.25, 0.3) is 0 Å². The Kier molecular flexibility index (Phi) is 8.33. The van der Waals surface area contributed by atoms with Gasteiger partial charge in [0.15, 0.2) is 11.5 Å². The summed E-state index contributed by atoms with van der Waals surface area (Å²) in [5.41, 5.74) is 0.939. The van der Waals surface area contributed by atoms with Crippen LogP contribution in [0.3, 0.4) is 0 Å². The lowest BCUT2D eigenvalue weighted by Crippen LogP contribution is -2.28. The van der Waals surface area contributed by atoms with Crippen LogP contribution in [-0.2, 0) is 4.79 Å². The first kappa shape index (κ1) is 22.5. The zero-order valence-corrected chi connectivity index (χ0v) is 17.8. The number of carbonyl (C=O) groups is 1. The number of amides is 1. The highest BCUT2D eigenvalue weighted by Gasteiger charge is 2.14. The van der Waals surface area contributed by atoms with Crippen LogP contribution in [0.5, 0.6) is 11.5 Å². The van der Waals surface area contributed by atoms with Gasteiger partial charge in [-0.15, -0.1) is 11.8 Å². The summed E-state index contributed by atoms with van der Waals surface area (Å²) in [5.74, 6) is 1.81. The number of nitro benzene ring substituents is 1. The smallest absolute Gasteiger partial charge is 0.269 e. The number of nitrogens with zero attached hydrogens (tertiary/aromatic N) is 1. The SMILES string of the molecule is COc1cc(C(C)NC(=O)CSc2ccc([N+](=O)[O-])cc2)ccc1OCC(C)C. The molecule has 2 aromatic carbocycles. The van der Waals surface area contributed by atoms with Crippen LogP contribution in [0.15, 0.2) is 47.4 Å². The average Bonchev–Trinajstić information content (AvgIpc) is 2.70. The minimum absolute atomic E-state index is 0.0298. The predicted octanol–water partition coefficient (Wildman–Crippen LogP) is 4.61. The first-order valence-corrected chi connectivity index (χ1v) is 10.3. The Hall–Kier alpha value is -2.74. The molecule has 29 heavy (non-hydrogen) atoms. The zero-order valence-electron chi connectivity index (χ0n) is 17.0. The fourth-order valence-electron chi connectivity index (χ4n) is 2.51. The molecule has 0 heterocycles. The lowest BCUT2D eigenvalue weighted by molar-refractivity contribution is -0.384. The zero-order chi connectivity index (χ0) is 21.4. The molecule has 0 aliphatic rings. The number of thioether (sulfide) groups is 1. The van der Waals surface area contributed by atoms with Gasteiger partial charge in [-0.2, -0.15) is 0 Å². The van der Waals surface area contributed by atoms with Crippen LogP contribution < -0.4 is 14.8 Å². The Balaban J connectivity index is 1.92. The summed E-state index contributed by atoms with van der Waals surface area (Å²) in [7, 11) is 1.59. The van der Waals surface area contributed by atoms with Crippen LogP contribution in [0.2, 0.25) is 0 Å². The standard InChI is InChI=1S/C21H26N2O5S/c1-14(2)12-28-19-10-5-16(11-20(19)27-4)15(3)22-21(24)13-29-18-8-6-17(7-9-18)23(25)26/h5-11,14-15H,12-13H2,1-4H3,(H,22,24). The molecule has 0 bridgehead atoms. The molecule has 0 aromatic heterocycles. The molecule has 1 unspecified atom stereocenters. The molecule has 1 amide bonds. The summed E-state index contributed by atoms with van der Waals surface area (Å²) >= 11 is 1.33. The number of hydrogen-bond acceptors (Lipinski definition) is 6. The fraction of sp³-hybridized carbons (Fsp3) is 0.381. The van der Waals surface area contributed by atoms with E-state index in [-0.39, 0.29) is 23.4 Å². The number of hydrogen-bond donors (Lipinski definition) is 1. The van der Waals surface area contributed by atoms with Crippen molar-refractivity contribution in [1.82, 2.24) is 5.32 Å². The summed E-state index contributed by atoms with van der Waals surface area (Å²) < 4.78 is 11.2. The van der Waals surface area contributed by atoms with E-state index in [2.05, 4.69) is 19.2 Å². The topological polar surface area (TPSA) is 90.7 Å². The highest BCUT2D eigenvalue weighted by molar-refractivity contribution is 8.00. The summed E-state index contributed by atoms with van der Waals surface area (Å²) in [5, 5.41) is 13.6. The van der Waals surface area contributed by atoms with E-state index >= 15 is 0 Å². The molecular formula is C21H26N2O5S. The monoisotopic (exact) mass is 418 g/mol. The Morgan fingerprint density at radius 3 is 2.41 bits per heavy atom. The molecule has 2 aromatic rings. The molecule has 0 spiro atoms. The van der Waals surface area contributed by atoms with E-state index in [1.807, 2.05) is 25.1 Å². The summed E-state index contributed by atoms with van der Waals surface area (Å²) in [6.07, 6.45) is 0. The van der Waals surface area contributed by atoms with E-state index in [0.29, 0.717) is 24.0 Å². The van der Waals surface area contributed by atoms with Crippen LogP contribution in [0.1, 0.15) is 32.4 Å². The van der Waals surface area contributed by atoms with Crippen LogP contribution in [0, 0.1) is 16.0 Å². The number of methoxy groups -OCH3 is 1.